The molecule has 37 heavy (non-hydrogen) atoms. The Labute approximate surface area is 223 Å². The van der Waals surface area contributed by atoms with Gasteiger partial charge < -0.3 is 9.47 Å². The van der Waals surface area contributed by atoms with E-state index in [0.29, 0.717) is 21.5 Å². The molecule has 0 aliphatic carbocycles. The van der Waals surface area contributed by atoms with Crippen LogP contribution in [0.5, 0.6) is 11.5 Å². The molecule has 0 fully saturated rings. The van der Waals surface area contributed by atoms with Crippen LogP contribution < -0.4 is 19.1 Å². The maximum Gasteiger partial charge on any atom is 0.264 e. The molecule has 0 aliphatic rings. The summed E-state index contributed by atoms with van der Waals surface area (Å²) in [7, 11) is -1.19. The lowest BCUT2D eigenvalue weighted by molar-refractivity contribution is -0.114. The lowest BCUT2D eigenvalue weighted by Gasteiger charge is -2.24. The number of carbonyl (C=O) groups is 1. The van der Waals surface area contributed by atoms with Gasteiger partial charge in [0, 0.05) is 16.7 Å². The number of hydrogen-bond donors (Lipinski definition) is 1. The van der Waals surface area contributed by atoms with E-state index in [1.165, 1.54) is 32.4 Å². The number of aromatic nitrogens is 2. The molecule has 0 unspecified atom stereocenters. The molecule has 0 radical (unpaired) electrons. The highest BCUT2D eigenvalue weighted by Gasteiger charge is 2.28. The number of hydrogen-bond acceptors (Lipinski definition) is 8. The van der Waals surface area contributed by atoms with Crippen molar-refractivity contribution in [1.29, 1.82) is 0 Å². The Morgan fingerprint density at radius 3 is 2.30 bits per heavy atom. The van der Waals surface area contributed by atoms with Gasteiger partial charge in [-0.2, -0.15) is 0 Å². The van der Waals surface area contributed by atoms with Gasteiger partial charge in [0.25, 0.3) is 10.0 Å². The molecule has 4 aromatic rings. The zero-order valence-electron chi connectivity index (χ0n) is 20.1. The molecule has 0 saturated carbocycles. The zero-order chi connectivity index (χ0) is 26.6. The number of methoxy groups -OCH3 is 2. The molecule has 4 rings (SSSR count). The Morgan fingerprint density at radius 2 is 1.65 bits per heavy atom. The van der Waals surface area contributed by atoms with Crippen molar-refractivity contribution >= 4 is 49.7 Å². The lowest BCUT2D eigenvalue weighted by Crippen LogP contribution is -2.38. The van der Waals surface area contributed by atoms with Crippen LogP contribution in [0.4, 0.5) is 10.8 Å². The number of sulfonamides is 1. The molecule has 9 nitrogen and oxygen atoms in total. The van der Waals surface area contributed by atoms with E-state index in [1.54, 1.807) is 48.5 Å². The maximum absolute atomic E-state index is 13.6. The molecule has 192 valence electrons. The molecule has 0 saturated heterocycles. The van der Waals surface area contributed by atoms with Gasteiger partial charge in [0.2, 0.25) is 11.0 Å². The highest BCUT2D eigenvalue weighted by atomic mass is 35.5. The van der Waals surface area contributed by atoms with Crippen LogP contribution in [-0.2, 0) is 14.8 Å². The SMILES string of the molecule is COc1ccc(N(CC(=O)Nc2nnc(-c3ccc(Cl)cc3)s2)S(=O)(=O)c2ccc(C)cc2)cc1OC. The molecule has 0 aliphatic heterocycles. The number of carbonyl (C=O) groups excluding carboxylic acids is 1. The first-order valence-corrected chi connectivity index (χ1v) is 13.6. The number of nitrogens with one attached hydrogen (secondary N) is 1. The quantitative estimate of drug-likeness (QED) is 0.307. The van der Waals surface area contributed by atoms with Crippen molar-refractivity contribution in [3.8, 4) is 22.1 Å². The molecule has 12 heteroatoms. The van der Waals surface area contributed by atoms with Gasteiger partial charge in [0.05, 0.1) is 24.8 Å². The molecule has 3 aromatic carbocycles. The number of amides is 1. The van der Waals surface area contributed by atoms with Gasteiger partial charge in [0.15, 0.2) is 11.5 Å². The predicted molar refractivity (Wildman–Crippen MR) is 144 cm³/mol. The minimum absolute atomic E-state index is 0.0432. The van der Waals surface area contributed by atoms with Crippen molar-refractivity contribution in [2.24, 2.45) is 0 Å². The maximum atomic E-state index is 13.6. The third-order valence-corrected chi connectivity index (χ3v) is 8.24. The summed E-state index contributed by atoms with van der Waals surface area (Å²) in [4.78, 5) is 13.1. The van der Waals surface area contributed by atoms with Gasteiger partial charge in [-0.05, 0) is 43.3 Å². The summed E-state index contributed by atoms with van der Waals surface area (Å²) < 4.78 is 38.9. The monoisotopic (exact) mass is 558 g/mol. The molecule has 0 bridgehead atoms. The number of ether oxygens (including phenoxy) is 2. The van der Waals surface area contributed by atoms with Gasteiger partial charge in [0.1, 0.15) is 11.6 Å². The smallest absolute Gasteiger partial charge is 0.264 e. The predicted octanol–water partition coefficient (Wildman–Crippen LogP) is 5.02. The molecular weight excluding hydrogens is 536 g/mol. The largest absolute Gasteiger partial charge is 0.493 e. The van der Waals surface area contributed by atoms with Gasteiger partial charge in [-0.1, -0.05) is 52.8 Å². The van der Waals surface area contributed by atoms with Crippen LogP contribution in [0, 0.1) is 6.92 Å². The lowest BCUT2D eigenvalue weighted by atomic mass is 10.2. The van der Waals surface area contributed by atoms with E-state index >= 15 is 0 Å². The van der Waals surface area contributed by atoms with Gasteiger partial charge in [-0.15, -0.1) is 10.2 Å². The van der Waals surface area contributed by atoms with Crippen LogP contribution in [-0.4, -0.2) is 45.3 Å². The summed E-state index contributed by atoms with van der Waals surface area (Å²) in [5, 5.41) is 12.2. The summed E-state index contributed by atoms with van der Waals surface area (Å²) in [6.45, 7) is 1.35. The van der Waals surface area contributed by atoms with Crippen LogP contribution in [0.2, 0.25) is 5.02 Å². The number of benzene rings is 3. The second-order valence-corrected chi connectivity index (χ2v) is 11.1. The number of nitrogens with zero attached hydrogens (tertiary/aromatic N) is 3. The second kappa shape index (κ2) is 11.2. The minimum Gasteiger partial charge on any atom is -0.493 e. The minimum atomic E-state index is -4.11. The third-order valence-electron chi connectivity index (χ3n) is 5.31. The second-order valence-electron chi connectivity index (χ2n) is 7.83. The van der Waals surface area contributed by atoms with E-state index in [0.717, 1.165) is 26.8 Å². The fourth-order valence-corrected chi connectivity index (χ4v) is 5.71. The molecule has 0 spiro atoms. The molecule has 1 heterocycles. The van der Waals surface area contributed by atoms with E-state index in [9.17, 15) is 13.2 Å². The van der Waals surface area contributed by atoms with Crippen molar-refractivity contribution in [2.75, 3.05) is 30.4 Å². The van der Waals surface area contributed by atoms with E-state index < -0.39 is 22.5 Å². The van der Waals surface area contributed by atoms with Gasteiger partial charge in [-0.3, -0.25) is 14.4 Å². The van der Waals surface area contributed by atoms with Crippen molar-refractivity contribution in [3.63, 3.8) is 0 Å². The van der Waals surface area contributed by atoms with Crippen LogP contribution in [0.15, 0.2) is 71.6 Å². The van der Waals surface area contributed by atoms with Crippen molar-refractivity contribution in [3.05, 3.63) is 77.3 Å². The van der Waals surface area contributed by atoms with E-state index in [2.05, 4.69) is 15.5 Å². The highest BCUT2D eigenvalue weighted by Crippen LogP contribution is 2.34. The molecule has 1 N–H and O–H groups in total. The first-order valence-electron chi connectivity index (χ1n) is 10.9. The summed E-state index contributed by atoms with van der Waals surface area (Å²) in [6, 6.07) is 18.1. The normalized spacial score (nSPS) is 11.1. The standard InChI is InChI=1S/C25H23ClN4O5S2/c1-16-4-11-20(12-5-16)37(32,33)30(19-10-13-21(34-2)22(14-19)35-3)15-23(31)27-25-29-28-24(36-25)17-6-8-18(26)9-7-17/h4-14H,15H2,1-3H3,(H,27,29,31). The summed E-state index contributed by atoms with van der Waals surface area (Å²) >= 11 is 7.10. The molecule has 1 amide bonds. The molecule has 1 aromatic heterocycles. The fourth-order valence-electron chi connectivity index (χ4n) is 3.40. The Morgan fingerprint density at radius 1 is 0.973 bits per heavy atom. The molecular formula is C25H23ClN4O5S2. The van der Waals surface area contributed by atoms with Crippen molar-refractivity contribution in [2.45, 2.75) is 11.8 Å². The summed E-state index contributed by atoms with van der Waals surface area (Å²) in [5.41, 5.74) is 1.92. The number of anilines is 2. The highest BCUT2D eigenvalue weighted by molar-refractivity contribution is 7.92. The Hall–Kier alpha value is -3.67. The summed E-state index contributed by atoms with van der Waals surface area (Å²) in [5.74, 6) is 0.150. The first-order chi connectivity index (χ1) is 17.7. The Balaban J connectivity index is 1.63. The van der Waals surface area contributed by atoms with Crippen LogP contribution >= 0.6 is 22.9 Å². The van der Waals surface area contributed by atoms with Crippen molar-refractivity contribution in [1.82, 2.24) is 10.2 Å². The summed E-state index contributed by atoms with van der Waals surface area (Å²) in [6.07, 6.45) is 0. The number of rotatable bonds is 9. The number of halogens is 1. The molecule has 0 atom stereocenters. The van der Waals surface area contributed by atoms with Gasteiger partial charge in [-0.25, -0.2) is 8.42 Å². The number of aryl methyl sites for hydroxylation is 1. The zero-order valence-corrected chi connectivity index (χ0v) is 22.5. The van der Waals surface area contributed by atoms with Gasteiger partial charge >= 0.3 is 0 Å². The Kier molecular flexibility index (Phi) is 7.96. The topological polar surface area (TPSA) is 111 Å². The third kappa shape index (κ3) is 6.01. The van der Waals surface area contributed by atoms with Crippen molar-refractivity contribution < 1.29 is 22.7 Å². The first kappa shape index (κ1) is 26.4. The van der Waals surface area contributed by atoms with Crippen LogP contribution in [0.3, 0.4) is 0 Å². The van der Waals surface area contributed by atoms with Crippen LogP contribution in [0.25, 0.3) is 10.6 Å². The van der Waals surface area contributed by atoms with E-state index in [4.69, 9.17) is 21.1 Å². The average Bonchev–Trinajstić information content (AvgIpc) is 3.35. The van der Waals surface area contributed by atoms with Crippen LogP contribution in [0.1, 0.15) is 5.56 Å². The fraction of sp³-hybridized carbons (Fsp3) is 0.160. The van der Waals surface area contributed by atoms with E-state index in [1.807, 2.05) is 6.92 Å². The Bertz CT molecular complexity index is 1510. The van der Waals surface area contributed by atoms with E-state index in [-0.39, 0.29) is 15.7 Å². The average molecular weight is 559 g/mol.